The van der Waals surface area contributed by atoms with Crippen molar-refractivity contribution in [3.8, 4) is 0 Å². The summed E-state index contributed by atoms with van der Waals surface area (Å²) in [5.74, 6) is -1.23. The molecule has 0 radical (unpaired) electrons. The highest BCUT2D eigenvalue weighted by molar-refractivity contribution is 6.11. The molecule has 0 aliphatic carbocycles. The van der Waals surface area contributed by atoms with Crippen LogP contribution in [0.3, 0.4) is 0 Å². The van der Waals surface area contributed by atoms with E-state index >= 15 is 0 Å². The highest BCUT2D eigenvalue weighted by Gasteiger charge is 2.38. The van der Waals surface area contributed by atoms with Gasteiger partial charge in [0.05, 0.1) is 17.9 Å². The minimum absolute atomic E-state index is 0.243. The third-order valence-corrected chi connectivity index (χ3v) is 3.97. The summed E-state index contributed by atoms with van der Waals surface area (Å²) in [6.45, 7) is 7.77. The highest BCUT2D eigenvalue weighted by Crippen LogP contribution is 2.24. The van der Waals surface area contributed by atoms with Crippen LogP contribution in [0.2, 0.25) is 0 Å². The number of hydrogen-bond acceptors (Lipinski definition) is 4. The quantitative estimate of drug-likeness (QED) is 0.578. The molecule has 0 aromatic heterocycles. The number of nitrogens with one attached hydrogen (secondary N) is 1. The van der Waals surface area contributed by atoms with E-state index in [4.69, 9.17) is 4.74 Å². The van der Waals surface area contributed by atoms with Crippen LogP contribution in [-0.4, -0.2) is 42.9 Å². The molecule has 138 valence electrons. The van der Waals surface area contributed by atoms with Crippen molar-refractivity contribution in [2.75, 3.05) is 25.5 Å². The number of unbranched alkanes of at least 4 members (excludes halogenated alkanes) is 1. The molecule has 0 heterocycles. The van der Waals surface area contributed by atoms with E-state index < -0.39 is 17.3 Å². The Labute approximate surface area is 149 Å². The van der Waals surface area contributed by atoms with E-state index in [1.165, 1.54) is 0 Å². The summed E-state index contributed by atoms with van der Waals surface area (Å²) in [6, 6.07) is 6.60. The fraction of sp³-hybridized carbons (Fsp3) is 0.526. The second-order valence-electron chi connectivity index (χ2n) is 6.43. The zero-order valence-electron chi connectivity index (χ0n) is 15.7. The summed E-state index contributed by atoms with van der Waals surface area (Å²) in [7, 11) is 1.69. The molecular formula is C19H28N2O4. The second-order valence-corrected chi connectivity index (χ2v) is 6.43. The number of amides is 2. The van der Waals surface area contributed by atoms with Crippen LogP contribution in [0, 0.1) is 5.41 Å². The summed E-state index contributed by atoms with van der Waals surface area (Å²) in [4.78, 5) is 38.9. The molecule has 0 unspecified atom stereocenters. The van der Waals surface area contributed by atoms with Crippen LogP contribution in [0.1, 0.15) is 50.9 Å². The predicted molar refractivity (Wildman–Crippen MR) is 97.4 cm³/mol. The smallest absolute Gasteiger partial charge is 0.340 e. The van der Waals surface area contributed by atoms with Gasteiger partial charge in [-0.25, -0.2) is 4.79 Å². The van der Waals surface area contributed by atoms with Gasteiger partial charge in [0.15, 0.2) is 0 Å². The van der Waals surface area contributed by atoms with Crippen LogP contribution < -0.4 is 5.32 Å². The van der Waals surface area contributed by atoms with E-state index in [0.717, 1.165) is 12.8 Å². The van der Waals surface area contributed by atoms with Crippen LogP contribution in [0.5, 0.6) is 0 Å². The lowest BCUT2D eigenvalue weighted by molar-refractivity contribution is -0.145. The topological polar surface area (TPSA) is 75.7 Å². The third kappa shape index (κ3) is 5.31. The van der Waals surface area contributed by atoms with Gasteiger partial charge >= 0.3 is 5.97 Å². The van der Waals surface area contributed by atoms with Crippen molar-refractivity contribution in [2.24, 2.45) is 5.41 Å². The number of carbonyl (C=O) groups excluding carboxylic acids is 3. The van der Waals surface area contributed by atoms with Crippen molar-refractivity contribution in [3.05, 3.63) is 29.8 Å². The molecule has 0 fully saturated rings. The van der Waals surface area contributed by atoms with Gasteiger partial charge in [-0.05, 0) is 39.3 Å². The van der Waals surface area contributed by atoms with E-state index in [-0.39, 0.29) is 18.1 Å². The Kier molecular flexibility index (Phi) is 7.61. The van der Waals surface area contributed by atoms with E-state index in [1.807, 2.05) is 6.92 Å². The first kappa shape index (κ1) is 20.7. The van der Waals surface area contributed by atoms with Gasteiger partial charge in [0, 0.05) is 13.6 Å². The van der Waals surface area contributed by atoms with Crippen molar-refractivity contribution in [1.82, 2.24) is 4.90 Å². The van der Waals surface area contributed by atoms with Gasteiger partial charge in [-0.3, -0.25) is 9.59 Å². The molecule has 0 aliphatic heterocycles. The predicted octanol–water partition coefficient (Wildman–Crippen LogP) is 3.09. The van der Waals surface area contributed by atoms with Crippen molar-refractivity contribution in [3.63, 3.8) is 0 Å². The molecule has 0 aliphatic rings. The van der Waals surface area contributed by atoms with E-state index in [1.54, 1.807) is 57.0 Å². The first-order valence-electron chi connectivity index (χ1n) is 8.58. The lowest BCUT2D eigenvalue weighted by Crippen LogP contribution is -2.46. The number of benzene rings is 1. The Morgan fingerprint density at radius 2 is 1.80 bits per heavy atom. The molecule has 1 rings (SSSR count). The minimum atomic E-state index is -1.25. The number of para-hydroxylation sites is 1. The van der Waals surface area contributed by atoms with Gasteiger partial charge in [-0.1, -0.05) is 25.5 Å². The van der Waals surface area contributed by atoms with Crippen molar-refractivity contribution in [2.45, 2.75) is 40.5 Å². The molecule has 6 heteroatoms. The summed E-state index contributed by atoms with van der Waals surface area (Å²) in [5.41, 5.74) is -0.645. The molecule has 1 aromatic rings. The molecule has 0 atom stereocenters. The van der Waals surface area contributed by atoms with Gasteiger partial charge in [0.1, 0.15) is 5.41 Å². The van der Waals surface area contributed by atoms with Gasteiger partial charge in [-0.2, -0.15) is 0 Å². The number of anilines is 1. The van der Waals surface area contributed by atoms with Crippen molar-refractivity contribution in [1.29, 1.82) is 0 Å². The number of carbonyl (C=O) groups is 3. The second kappa shape index (κ2) is 9.20. The SMILES string of the molecule is CCCCN(C)C(=O)C(C)(C)C(=O)Nc1ccccc1C(=O)OCC. The standard InChI is InChI=1S/C19H28N2O4/c1-6-8-13-21(5)18(24)19(3,4)17(23)20-15-12-10-9-11-14(15)16(22)25-7-2/h9-12H,6-8,13H2,1-5H3,(H,20,23). The summed E-state index contributed by atoms with van der Waals surface area (Å²) < 4.78 is 5.00. The molecule has 1 aromatic carbocycles. The summed E-state index contributed by atoms with van der Waals surface area (Å²) in [6.07, 6.45) is 1.85. The van der Waals surface area contributed by atoms with Gasteiger partial charge in [0.2, 0.25) is 11.8 Å². The van der Waals surface area contributed by atoms with Gasteiger partial charge in [0.25, 0.3) is 0 Å². The average molecular weight is 348 g/mol. The number of hydrogen-bond donors (Lipinski definition) is 1. The molecule has 0 bridgehead atoms. The molecule has 25 heavy (non-hydrogen) atoms. The van der Waals surface area contributed by atoms with Crippen LogP contribution in [-0.2, 0) is 14.3 Å². The molecule has 0 saturated carbocycles. The Balaban J connectivity index is 2.94. The lowest BCUT2D eigenvalue weighted by Gasteiger charge is -2.28. The van der Waals surface area contributed by atoms with E-state index in [0.29, 0.717) is 12.2 Å². The Bertz CT molecular complexity index is 626. The summed E-state index contributed by atoms with van der Waals surface area (Å²) in [5, 5.41) is 2.69. The molecule has 0 saturated heterocycles. The fourth-order valence-corrected chi connectivity index (χ4v) is 2.33. The maximum atomic E-state index is 12.7. The molecule has 0 spiro atoms. The molecular weight excluding hydrogens is 320 g/mol. The zero-order valence-corrected chi connectivity index (χ0v) is 15.7. The fourth-order valence-electron chi connectivity index (χ4n) is 2.33. The van der Waals surface area contributed by atoms with Gasteiger partial charge < -0.3 is 15.0 Å². The Morgan fingerprint density at radius 1 is 1.16 bits per heavy atom. The zero-order chi connectivity index (χ0) is 19.0. The first-order valence-corrected chi connectivity index (χ1v) is 8.58. The Hall–Kier alpha value is -2.37. The average Bonchev–Trinajstić information content (AvgIpc) is 2.59. The van der Waals surface area contributed by atoms with E-state index in [9.17, 15) is 14.4 Å². The minimum Gasteiger partial charge on any atom is -0.462 e. The summed E-state index contributed by atoms with van der Waals surface area (Å²) >= 11 is 0. The van der Waals surface area contributed by atoms with Crippen molar-refractivity contribution >= 4 is 23.5 Å². The van der Waals surface area contributed by atoms with Gasteiger partial charge in [-0.15, -0.1) is 0 Å². The molecule has 2 amide bonds. The molecule has 6 nitrogen and oxygen atoms in total. The monoisotopic (exact) mass is 348 g/mol. The van der Waals surface area contributed by atoms with Crippen LogP contribution >= 0.6 is 0 Å². The number of ether oxygens (including phenoxy) is 1. The van der Waals surface area contributed by atoms with E-state index in [2.05, 4.69) is 5.32 Å². The van der Waals surface area contributed by atoms with Crippen LogP contribution in [0.4, 0.5) is 5.69 Å². The maximum absolute atomic E-state index is 12.7. The maximum Gasteiger partial charge on any atom is 0.340 e. The molecule has 1 N–H and O–H groups in total. The van der Waals surface area contributed by atoms with Crippen LogP contribution in [0.25, 0.3) is 0 Å². The number of esters is 1. The third-order valence-electron chi connectivity index (χ3n) is 3.97. The normalized spacial score (nSPS) is 10.9. The van der Waals surface area contributed by atoms with Crippen LogP contribution in [0.15, 0.2) is 24.3 Å². The largest absolute Gasteiger partial charge is 0.462 e. The van der Waals surface area contributed by atoms with Crippen molar-refractivity contribution < 1.29 is 19.1 Å². The number of nitrogens with zero attached hydrogens (tertiary/aromatic N) is 1. The Morgan fingerprint density at radius 3 is 2.40 bits per heavy atom. The first-order chi connectivity index (χ1) is 11.8. The number of rotatable bonds is 8. The highest BCUT2D eigenvalue weighted by atomic mass is 16.5. The lowest BCUT2D eigenvalue weighted by atomic mass is 9.90.